The van der Waals surface area contributed by atoms with E-state index < -0.39 is 11.9 Å². The second kappa shape index (κ2) is 7.09. The summed E-state index contributed by atoms with van der Waals surface area (Å²) < 4.78 is 0. The average molecular weight is 323 g/mol. The maximum Gasteiger partial charge on any atom is 0.308 e. The van der Waals surface area contributed by atoms with Crippen molar-refractivity contribution < 1.29 is 14.7 Å². The molecule has 7 heteroatoms. The monoisotopic (exact) mass is 323 g/mol. The number of hydrogen-bond donors (Lipinski definition) is 1. The van der Waals surface area contributed by atoms with Crippen LogP contribution in [0.15, 0.2) is 11.2 Å². The van der Waals surface area contributed by atoms with Gasteiger partial charge in [-0.1, -0.05) is 11.8 Å². The minimum Gasteiger partial charge on any atom is -0.481 e. The number of carboxylic acid groups (broad SMARTS) is 1. The number of aromatic nitrogens is 2. The summed E-state index contributed by atoms with van der Waals surface area (Å²) in [6.45, 7) is 6.22. The van der Waals surface area contributed by atoms with Crippen LogP contribution in [0.3, 0.4) is 0 Å². The molecule has 1 saturated heterocycles. The van der Waals surface area contributed by atoms with Crippen molar-refractivity contribution in [3.8, 4) is 0 Å². The molecule has 0 spiro atoms. The van der Waals surface area contributed by atoms with Gasteiger partial charge < -0.3 is 10.0 Å². The summed E-state index contributed by atoms with van der Waals surface area (Å²) in [5, 5.41) is 9.80. The molecular weight excluding hydrogens is 302 g/mol. The molecule has 1 fully saturated rings. The third kappa shape index (κ3) is 3.97. The first kappa shape index (κ1) is 16.7. The van der Waals surface area contributed by atoms with Gasteiger partial charge in [-0.2, -0.15) is 0 Å². The number of nitrogens with zero attached hydrogens (tertiary/aromatic N) is 3. The van der Waals surface area contributed by atoms with Gasteiger partial charge in [-0.15, -0.1) is 0 Å². The van der Waals surface area contributed by atoms with Crippen molar-refractivity contribution in [1.82, 2.24) is 14.9 Å². The lowest BCUT2D eigenvalue weighted by Crippen LogP contribution is -2.49. The van der Waals surface area contributed by atoms with E-state index in [1.165, 1.54) is 11.8 Å². The minimum atomic E-state index is -0.824. The lowest BCUT2D eigenvalue weighted by molar-refractivity contribution is -0.148. The SMILES string of the molecule is Cc1cc(C)nc(SCC(=O)N2CCC[C@@H](C(=O)O)[C@H]2C)n1. The smallest absolute Gasteiger partial charge is 0.308 e. The number of carbonyl (C=O) groups is 2. The minimum absolute atomic E-state index is 0.0498. The second-order valence-electron chi connectivity index (χ2n) is 5.64. The van der Waals surface area contributed by atoms with Crippen LogP contribution in [0.5, 0.6) is 0 Å². The largest absolute Gasteiger partial charge is 0.481 e. The van der Waals surface area contributed by atoms with Crippen molar-refractivity contribution in [3.63, 3.8) is 0 Å². The highest BCUT2D eigenvalue weighted by atomic mass is 32.2. The predicted octanol–water partition coefficient (Wildman–Crippen LogP) is 1.90. The number of aryl methyl sites for hydroxylation is 2. The molecule has 0 bridgehead atoms. The van der Waals surface area contributed by atoms with Crippen molar-refractivity contribution in [2.24, 2.45) is 5.92 Å². The summed E-state index contributed by atoms with van der Waals surface area (Å²) in [6.07, 6.45) is 1.37. The quantitative estimate of drug-likeness (QED) is 0.673. The van der Waals surface area contributed by atoms with E-state index in [2.05, 4.69) is 9.97 Å². The zero-order valence-electron chi connectivity index (χ0n) is 13.1. The summed E-state index contributed by atoms with van der Waals surface area (Å²) in [4.78, 5) is 33.9. The highest BCUT2D eigenvalue weighted by Gasteiger charge is 2.35. The second-order valence-corrected chi connectivity index (χ2v) is 6.58. The zero-order chi connectivity index (χ0) is 16.3. The Kier molecular flexibility index (Phi) is 5.39. The maximum absolute atomic E-state index is 12.4. The highest BCUT2D eigenvalue weighted by Crippen LogP contribution is 2.25. The molecule has 0 unspecified atom stereocenters. The van der Waals surface area contributed by atoms with E-state index in [-0.39, 0.29) is 17.7 Å². The zero-order valence-corrected chi connectivity index (χ0v) is 13.9. The van der Waals surface area contributed by atoms with Crippen LogP contribution in [0.1, 0.15) is 31.2 Å². The molecule has 1 N–H and O–H groups in total. The van der Waals surface area contributed by atoms with Crippen molar-refractivity contribution in [3.05, 3.63) is 17.5 Å². The molecule has 0 aromatic carbocycles. The van der Waals surface area contributed by atoms with Gasteiger partial charge in [-0.3, -0.25) is 9.59 Å². The molecule has 0 radical (unpaired) electrons. The normalized spacial score (nSPS) is 21.7. The van der Waals surface area contributed by atoms with E-state index >= 15 is 0 Å². The first-order valence-electron chi connectivity index (χ1n) is 7.36. The van der Waals surface area contributed by atoms with Gasteiger partial charge in [0.05, 0.1) is 11.7 Å². The molecule has 0 saturated carbocycles. The average Bonchev–Trinajstić information content (AvgIpc) is 2.43. The summed E-state index contributed by atoms with van der Waals surface area (Å²) >= 11 is 1.30. The topological polar surface area (TPSA) is 83.4 Å². The summed E-state index contributed by atoms with van der Waals surface area (Å²) in [5.74, 6) is -1.11. The summed E-state index contributed by atoms with van der Waals surface area (Å²) in [5.41, 5.74) is 1.75. The highest BCUT2D eigenvalue weighted by molar-refractivity contribution is 7.99. The van der Waals surface area contributed by atoms with Gasteiger partial charge in [0, 0.05) is 24.0 Å². The molecule has 1 amide bonds. The van der Waals surface area contributed by atoms with E-state index in [0.29, 0.717) is 18.1 Å². The van der Waals surface area contributed by atoms with Gasteiger partial charge in [0.1, 0.15) is 0 Å². The molecule has 120 valence electrons. The Morgan fingerprint density at radius 1 is 1.36 bits per heavy atom. The molecule has 1 aliphatic rings. The Bertz CT molecular complexity index is 559. The van der Waals surface area contributed by atoms with Crippen molar-refractivity contribution in [1.29, 1.82) is 0 Å². The Morgan fingerprint density at radius 2 is 2.00 bits per heavy atom. The predicted molar refractivity (Wildman–Crippen MR) is 83.8 cm³/mol. The first-order chi connectivity index (χ1) is 10.4. The van der Waals surface area contributed by atoms with Gasteiger partial charge >= 0.3 is 5.97 Å². The van der Waals surface area contributed by atoms with Crippen LogP contribution < -0.4 is 0 Å². The number of hydrogen-bond acceptors (Lipinski definition) is 5. The number of amides is 1. The number of likely N-dealkylation sites (tertiary alicyclic amines) is 1. The molecule has 22 heavy (non-hydrogen) atoms. The number of piperidine rings is 1. The van der Waals surface area contributed by atoms with Crippen molar-refractivity contribution in [2.45, 2.75) is 44.8 Å². The van der Waals surface area contributed by atoms with Crippen LogP contribution in [-0.4, -0.2) is 50.2 Å². The number of thioether (sulfide) groups is 1. The Balaban J connectivity index is 1.98. The fourth-order valence-corrected chi connectivity index (χ4v) is 3.63. The third-order valence-corrected chi connectivity index (χ3v) is 4.74. The van der Waals surface area contributed by atoms with Crippen molar-refractivity contribution in [2.75, 3.05) is 12.3 Å². The fourth-order valence-electron chi connectivity index (χ4n) is 2.79. The number of carboxylic acids is 1. The standard InChI is InChI=1S/C15H21N3O3S/c1-9-7-10(2)17-15(16-9)22-8-13(19)18-6-4-5-12(11(18)3)14(20)21/h7,11-12H,4-6,8H2,1-3H3,(H,20,21)/t11-,12-/m1/s1. The Labute approximate surface area is 134 Å². The van der Waals surface area contributed by atoms with E-state index in [0.717, 1.165) is 17.8 Å². The molecule has 2 atom stereocenters. The maximum atomic E-state index is 12.4. The molecule has 1 aromatic rings. The van der Waals surface area contributed by atoms with Gasteiger partial charge in [0.15, 0.2) is 5.16 Å². The van der Waals surface area contributed by atoms with Crippen LogP contribution in [-0.2, 0) is 9.59 Å². The van der Waals surface area contributed by atoms with Crippen LogP contribution in [0.2, 0.25) is 0 Å². The summed E-state index contributed by atoms with van der Waals surface area (Å²) in [6, 6.07) is 1.62. The number of rotatable bonds is 4. The lowest BCUT2D eigenvalue weighted by atomic mass is 9.90. The molecule has 2 rings (SSSR count). The Hall–Kier alpha value is -1.63. The van der Waals surface area contributed by atoms with Crippen LogP contribution in [0.4, 0.5) is 0 Å². The molecule has 0 aliphatic carbocycles. The van der Waals surface area contributed by atoms with Gasteiger partial charge in [0.2, 0.25) is 5.91 Å². The molecular formula is C15H21N3O3S. The lowest BCUT2D eigenvalue weighted by Gasteiger charge is -2.37. The molecule has 1 aliphatic heterocycles. The summed E-state index contributed by atoms with van der Waals surface area (Å²) in [7, 11) is 0. The molecule has 1 aromatic heterocycles. The van der Waals surface area contributed by atoms with Crippen molar-refractivity contribution >= 4 is 23.6 Å². The van der Waals surface area contributed by atoms with Crippen LogP contribution >= 0.6 is 11.8 Å². The van der Waals surface area contributed by atoms with Crippen LogP contribution in [0.25, 0.3) is 0 Å². The van der Waals surface area contributed by atoms with E-state index in [1.54, 1.807) is 4.90 Å². The number of aliphatic carboxylic acids is 1. The molecule has 2 heterocycles. The van der Waals surface area contributed by atoms with Gasteiger partial charge in [-0.25, -0.2) is 9.97 Å². The Morgan fingerprint density at radius 3 is 2.59 bits per heavy atom. The van der Waals surface area contributed by atoms with Crippen LogP contribution in [0, 0.1) is 19.8 Å². The van der Waals surface area contributed by atoms with Gasteiger partial charge in [0.25, 0.3) is 0 Å². The van der Waals surface area contributed by atoms with E-state index in [9.17, 15) is 14.7 Å². The van der Waals surface area contributed by atoms with E-state index in [1.807, 2.05) is 26.8 Å². The number of carbonyl (C=O) groups excluding carboxylic acids is 1. The first-order valence-corrected chi connectivity index (χ1v) is 8.34. The van der Waals surface area contributed by atoms with E-state index in [4.69, 9.17) is 0 Å². The third-order valence-electron chi connectivity index (χ3n) is 3.91. The molecule has 6 nitrogen and oxygen atoms in total. The fraction of sp³-hybridized carbons (Fsp3) is 0.600. The van der Waals surface area contributed by atoms with Gasteiger partial charge in [-0.05, 0) is 39.7 Å².